The number of thioether (sulfide) groups is 1. The van der Waals surface area contributed by atoms with Crippen LogP contribution >= 0.6 is 23.1 Å². The number of hydrogen-bond acceptors (Lipinski definition) is 7. The van der Waals surface area contributed by atoms with Crippen LogP contribution < -0.4 is 5.32 Å². The van der Waals surface area contributed by atoms with Gasteiger partial charge >= 0.3 is 0 Å². The van der Waals surface area contributed by atoms with Crippen LogP contribution in [0, 0.1) is 12.8 Å². The predicted molar refractivity (Wildman–Crippen MR) is 114 cm³/mol. The zero-order valence-corrected chi connectivity index (χ0v) is 18.3. The standard InChI is InChI=1S/C21H24N4O2S2/c1-12(2)18(21-24-19(25-27-21)14-4-5-14)23-20(26)15-6-8-17(9-7-15)29-11-16-10-28-13(3)22-16/h6-10,12,14,18H,4-5,11H2,1-3H3,(H,23,26). The lowest BCUT2D eigenvalue weighted by atomic mass is 10.0. The minimum absolute atomic E-state index is 0.137. The van der Waals surface area contributed by atoms with Crippen LogP contribution in [0.5, 0.6) is 0 Å². The van der Waals surface area contributed by atoms with Crippen molar-refractivity contribution >= 4 is 29.0 Å². The third kappa shape index (κ3) is 5.05. The fraction of sp³-hybridized carbons (Fsp3) is 0.429. The zero-order chi connectivity index (χ0) is 20.4. The monoisotopic (exact) mass is 428 g/mol. The highest BCUT2D eigenvalue weighted by Gasteiger charge is 2.31. The molecule has 0 spiro atoms. The summed E-state index contributed by atoms with van der Waals surface area (Å²) < 4.78 is 5.44. The third-order valence-electron chi connectivity index (χ3n) is 4.79. The zero-order valence-electron chi connectivity index (χ0n) is 16.7. The quantitative estimate of drug-likeness (QED) is 0.501. The van der Waals surface area contributed by atoms with Gasteiger partial charge in [-0.3, -0.25) is 4.79 Å². The molecule has 1 unspecified atom stereocenters. The largest absolute Gasteiger partial charge is 0.340 e. The van der Waals surface area contributed by atoms with Gasteiger partial charge in [0.2, 0.25) is 5.89 Å². The Morgan fingerprint density at radius 1 is 1.28 bits per heavy atom. The molecule has 1 saturated carbocycles. The molecule has 1 aromatic carbocycles. The maximum Gasteiger partial charge on any atom is 0.251 e. The number of thiazole rings is 1. The summed E-state index contributed by atoms with van der Waals surface area (Å²) in [6, 6.07) is 7.35. The Kier molecular flexibility index (Phi) is 6.01. The summed E-state index contributed by atoms with van der Waals surface area (Å²) in [6.45, 7) is 6.08. The van der Waals surface area contributed by atoms with Crippen LogP contribution in [-0.2, 0) is 5.75 Å². The highest BCUT2D eigenvalue weighted by molar-refractivity contribution is 7.98. The average Bonchev–Trinajstić information content (AvgIpc) is 3.30. The first kappa shape index (κ1) is 20.1. The molecule has 0 radical (unpaired) electrons. The number of carbonyl (C=O) groups is 1. The molecule has 152 valence electrons. The van der Waals surface area contributed by atoms with E-state index in [2.05, 4.69) is 25.8 Å². The van der Waals surface area contributed by atoms with Crippen molar-refractivity contribution < 1.29 is 9.32 Å². The Bertz CT molecular complexity index is 977. The molecule has 1 aliphatic rings. The third-order valence-corrected chi connectivity index (χ3v) is 6.66. The molecule has 1 fully saturated rings. The van der Waals surface area contributed by atoms with Gasteiger partial charge in [-0.1, -0.05) is 19.0 Å². The van der Waals surface area contributed by atoms with Crippen molar-refractivity contribution in [3.8, 4) is 0 Å². The smallest absolute Gasteiger partial charge is 0.251 e. The van der Waals surface area contributed by atoms with Gasteiger partial charge in [0.05, 0.1) is 10.7 Å². The summed E-state index contributed by atoms with van der Waals surface area (Å²) in [4.78, 5) is 22.9. The molecule has 2 heterocycles. The highest BCUT2D eigenvalue weighted by atomic mass is 32.2. The summed E-state index contributed by atoms with van der Waals surface area (Å²) in [5.41, 5.74) is 1.70. The van der Waals surface area contributed by atoms with E-state index in [4.69, 9.17) is 4.52 Å². The second-order valence-corrected chi connectivity index (χ2v) is 9.74. The molecule has 3 aromatic rings. The van der Waals surface area contributed by atoms with Crippen LogP contribution in [0.2, 0.25) is 0 Å². The first-order chi connectivity index (χ1) is 14.0. The Morgan fingerprint density at radius 3 is 2.66 bits per heavy atom. The molecule has 1 amide bonds. The van der Waals surface area contributed by atoms with E-state index < -0.39 is 0 Å². The topological polar surface area (TPSA) is 80.9 Å². The Morgan fingerprint density at radius 2 is 2.03 bits per heavy atom. The number of benzene rings is 1. The summed E-state index contributed by atoms with van der Waals surface area (Å²) >= 11 is 3.38. The summed E-state index contributed by atoms with van der Waals surface area (Å²) in [5.74, 6) is 2.50. The van der Waals surface area contributed by atoms with E-state index in [0.29, 0.717) is 17.4 Å². The Hall–Kier alpha value is -2.19. The lowest BCUT2D eigenvalue weighted by molar-refractivity contribution is 0.0914. The lowest BCUT2D eigenvalue weighted by Gasteiger charge is -2.18. The number of nitrogens with one attached hydrogen (secondary N) is 1. The number of aryl methyl sites for hydroxylation is 1. The molecule has 1 N–H and O–H groups in total. The van der Waals surface area contributed by atoms with E-state index in [1.807, 2.05) is 45.0 Å². The summed E-state index contributed by atoms with van der Waals surface area (Å²) in [5, 5.41) is 10.3. The molecule has 4 rings (SSSR count). The number of hydrogen-bond donors (Lipinski definition) is 1. The van der Waals surface area contributed by atoms with E-state index in [1.54, 1.807) is 23.1 Å². The van der Waals surface area contributed by atoms with Gasteiger partial charge in [0.1, 0.15) is 6.04 Å². The van der Waals surface area contributed by atoms with Crippen molar-refractivity contribution in [2.45, 2.75) is 56.2 Å². The molecule has 0 saturated heterocycles. The van der Waals surface area contributed by atoms with Crippen LogP contribution in [0.4, 0.5) is 0 Å². The molecule has 8 heteroatoms. The number of aromatic nitrogens is 3. The van der Waals surface area contributed by atoms with Gasteiger partial charge in [-0.05, 0) is 49.9 Å². The second-order valence-electron chi connectivity index (χ2n) is 7.63. The van der Waals surface area contributed by atoms with Crippen molar-refractivity contribution in [3.05, 3.63) is 57.6 Å². The van der Waals surface area contributed by atoms with Crippen LogP contribution in [0.25, 0.3) is 0 Å². The van der Waals surface area contributed by atoms with Crippen LogP contribution in [-0.4, -0.2) is 21.0 Å². The first-order valence-electron chi connectivity index (χ1n) is 9.78. The van der Waals surface area contributed by atoms with Crippen molar-refractivity contribution in [3.63, 3.8) is 0 Å². The van der Waals surface area contributed by atoms with Crippen molar-refractivity contribution in [2.75, 3.05) is 0 Å². The molecular formula is C21H24N4O2S2. The molecule has 2 aromatic heterocycles. The van der Waals surface area contributed by atoms with E-state index in [-0.39, 0.29) is 17.9 Å². The molecule has 29 heavy (non-hydrogen) atoms. The fourth-order valence-electron chi connectivity index (χ4n) is 2.95. The van der Waals surface area contributed by atoms with Crippen molar-refractivity contribution in [2.24, 2.45) is 5.92 Å². The molecular weight excluding hydrogens is 404 g/mol. The van der Waals surface area contributed by atoms with Crippen LogP contribution in [0.1, 0.15) is 71.4 Å². The van der Waals surface area contributed by atoms with Gasteiger partial charge in [0, 0.05) is 27.5 Å². The maximum atomic E-state index is 12.8. The number of nitrogens with zero attached hydrogens (tertiary/aromatic N) is 3. The van der Waals surface area contributed by atoms with Crippen molar-refractivity contribution in [1.82, 2.24) is 20.4 Å². The van der Waals surface area contributed by atoms with Crippen LogP contribution in [0.3, 0.4) is 0 Å². The second kappa shape index (κ2) is 8.67. The lowest BCUT2D eigenvalue weighted by Crippen LogP contribution is -2.32. The van der Waals surface area contributed by atoms with Crippen molar-refractivity contribution in [1.29, 1.82) is 0 Å². The van der Waals surface area contributed by atoms with E-state index in [9.17, 15) is 4.79 Å². The van der Waals surface area contributed by atoms with E-state index in [1.165, 1.54) is 0 Å². The molecule has 6 nitrogen and oxygen atoms in total. The minimum atomic E-state index is -0.301. The minimum Gasteiger partial charge on any atom is -0.340 e. The maximum absolute atomic E-state index is 12.8. The average molecular weight is 429 g/mol. The van der Waals surface area contributed by atoms with E-state index in [0.717, 1.165) is 40.0 Å². The first-order valence-corrected chi connectivity index (χ1v) is 11.6. The van der Waals surface area contributed by atoms with E-state index >= 15 is 0 Å². The summed E-state index contributed by atoms with van der Waals surface area (Å²) in [7, 11) is 0. The van der Waals surface area contributed by atoms with Gasteiger partial charge < -0.3 is 9.84 Å². The predicted octanol–water partition coefficient (Wildman–Crippen LogP) is 5.13. The Labute approximate surface area is 178 Å². The van der Waals surface area contributed by atoms with Crippen LogP contribution in [0.15, 0.2) is 39.1 Å². The highest BCUT2D eigenvalue weighted by Crippen LogP contribution is 2.38. The number of carbonyl (C=O) groups excluding carboxylic acids is 1. The summed E-state index contributed by atoms with van der Waals surface area (Å²) in [6.07, 6.45) is 2.23. The van der Waals surface area contributed by atoms with Gasteiger partial charge in [0.25, 0.3) is 5.91 Å². The van der Waals surface area contributed by atoms with Gasteiger partial charge in [-0.15, -0.1) is 23.1 Å². The van der Waals surface area contributed by atoms with Gasteiger partial charge in [-0.25, -0.2) is 4.98 Å². The number of rotatable bonds is 8. The molecule has 1 aliphatic carbocycles. The SMILES string of the molecule is Cc1nc(CSc2ccc(C(=O)NC(c3nc(C4CC4)no3)C(C)C)cc2)cs1. The molecule has 0 bridgehead atoms. The molecule has 1 atom stereocenters. The van der Waals surface area contributed by atoms with Gasteiger partial charge in [0.15, 0.2) is 5.82 Å². The molecule has 0 aliphatic heterocycles. The van der Waals surface area contributed by atoms with Gasteiger partial charge in [-0.2, -0.15) is 4.98 Å². The normalized spacial score (nSPS) is 14.9. The fourth-order valence-corrected chi connectivity index (χ4v) is 4.46. The number of amides is 1. The Balaban J connectivity index is 1.38.